The van der Waals surface area contributed by atoms with E-state index in [9.17, 15) is 13.5 Å². The first-order chi connectivity index (χ1) is 9.68. The maximum absolute atomic E-state index is 11.4. The Morgan fingerprint density at radius 1 is 1.00 bits per heavy atom. The molecule has 0 aliphatic carbocycles. The van der Waals surface area contributed by atoms with E-state index in [0.29, 0.717) is 11.1 Å². The van der Waals surface area contributed by atoms with Crippen molar-refractivity contribution >= 4 is 44.9 Å². The Labute approximate surface area is 165 Å². The van der Waals surface area contributed by atoms with Gasteiger partial charge in [0.2, 0.25) is 0 Å². The van der Waals surface area contributed by atoms with Crippen LogP contribution >= 0.6 is 34.8 Å². The molecule has 22 heavy (non-hydrogen) atoms. The Hall–Kier alpha value is 0.0200. The summed E-state index contributed by atoms with van der Waals surface area (Å²) in [7, 11) is -4.56. The second kappa shape index (κ2) is 7.73. The first kappa shape index (κ1) is 20.1. The molecule has 0 amide bonds. The Bertz CT molecular complexity index is 786. The smallest absolute Gasteiger partial charge is 0.872 e. The molecule has 1 N–H and O–H groups in total. The third-order valence-corrected chi connectivity index (χ3v) is 4.81. The Morgan fingerprint density at radius 3 is 2.05 bits per heavy atom. The van der Waals surface area contributed by atoms with E-state index >= 15 is 0 Å². The van der Waals surface area contributed by atoms with E-state index in [1.165, 1.54) is 6.07 Å². The Morgan fingerprint density at radius 2 is 1.55 bits per heavy atom. The van der Waals surface area contributed by atoms with Crippen molar-refractivity contribution in [3.05, 3.63) is 56.5 Å². The van der Waals surface area contributed by atoms with Crippen LogP contribution in [-0.4, -0.2) is 13.0 Å². The molecule has 0 saturated heterocycles. The van der Waals surface area contributed by atoms with Crippen molar-refractivity contribution in [2.24, 2.45) is 0 Å². The molecule has 0 saturated carbocycles. The van der Waals surface area contributed by atoms with Gasteiger partial charge in [-0.05, 0) is 35.7 Å². The minimum absolute atomic E-state index is 0. The minimum atomic E-state index is -4.56. The van der Waals surface area contributed by atoms with Crippen LogP contribution in [0.1, 0.15) is 11.1 Å². The molecule has 2 rings (SSSR count). The molecule has 9 heteroatoms. The van der Waals surface area contributed by atoms with Crippen molar-refractivity contribution in [1.29, 1.82) is 0 Å². The number of hydrogen-bond donors (Lipinski definition) is 1. The van der Waals surface area contributed by atoms with Crippen LogP contribution in [0, 0.1) is 0 Å². The molecule has 0 aromatic heterocycles. The maximum Gasteiger partial charge on any atom is 1.00 e. The van der Waals surface area contributed by atoms with Crippen LogP contribution < -0.4 is 34.7 Å². The van der Waals surface area contributed by atoms with Gasteiger partial charge in [-0.2, -0.15) is 8.42 Å². The third kappa shape index (κ3) is 4.76. The van der Waals surface area contributed by atoms with Gasteiger partial charge >= 0.3 is 29.6 Å². The summed E-state index contributed by atoms with van der Waals surface area (Å²) in [5.41, 5.74) is 1.20. The summed E-state index contributed by atoms with van der Waals surface area (Å²) in [6, 6.07) is 6.85. The van der Waals surface area contributed by atoms with Gasteiger partial charge in [0.1, 0.15) is 0 Å². The van der Waals surface area contributed by atoms with Crippen molar-refractivity contribution in [1.82, 2.24) is 0 Å². The molecule has 112 valence electrons. The van der Waals surface area contributed by atoms with Gasteiger partial charge < -0.3 is 5.11 Å². The van der Waals surface area contributed by atoms with Gasteiger partial charge in [0.25, 0.3) is 10.1 Å². The first-order valence-electron chi connectivity index (χ1n) is 5.59. The summed E-state index contributed by atoms with van der Waals surface area (Å²) in [5, 5.41) is 12.2. The van der Waals surface area contributed by atoms with Gasteiger partial charge in [0, 0.05) is 0 Å². The zero-order valence-corrected chi connectivity index (χ0v) is 16.4. The van der Waals surface area contributed by atoms with Crippen molar-refractivity contribution in [3.63, 3.8) is 0 Å². The quantitative estimate of drug-likeness (QED) is 0.473. The van der Waals surface area contributed by atoms with E-state index < -0.39 is 20.8 Å². The molecule has 0 fully saturated rings. The summed E-state index contributed by atoms with van der Waals surface area (Å²) in [6.45, 7) is 0. The predicted molar refractivity (Wildman–Crippen MR) is 80.0 cm³/mol. The average Bonchev–Trinajstić information content (AvgIpc) is 2.37. The molecule has 0 atom stereocenters. The van der Waals surface area contributed by atoms with Gasteiger partial charge in [-0.3, -0.25) is 4.55 Å². The number of halogens is 3. The van der Waals surface area contributed by atoms with E-state index in [1.54, 1.807) is 12.1 Å². The fourth-order valence-electron chi connectivity index (χ4n) is 1.81. The van der Waals surface area contributed by atoms with Gasteiger partial charge in [0.15, 0.2) is 0 Å². The van der Waals surface area contributed by atoms with E-state index in [2.05, 4.69) is 0 Å². The second-order valence-electron chi connectivity index (χ2n) is 4.31. The number of hydrogen-bond acceptors (Lipinski definition) is 3. The number of rotatable bonds is 3. The largest absolute Gasteiger partial charge is 1.00 e. The van der Waals surface area contributed by atoms with E-state index in [1.807, 2.05) is 0 Å². The first-order valence-corrected chi connectivity index (χ1v) is 8.16. The van der Waals surface area contributed by atoms with Crippen LogP contribution in [0.5, 0.6) is 5.75 Å². The predicted octanol–water partition coefficient (Wildman–Crippen LogP) is 0.562. The van der Waals surface area contributed by atoms with Crippen molar-refractivity contribution < 1.29 is 47.6 Å². The molecule has 0 bridgehead atoms. The summed E-state index contributed by atoms with van der Waals surface area (Å²) in [5.74, 6) is -0.770. The molecular weight excluding hydrogens is 382 g/mol. The van der Waals surface area contributed by atoms with E-state index in [0.717, 1.165) is 12.1 Å². The molecule has 0 aliphatic heterocycles. The average molecular weight is 390 g/mol. The normalized spacial score (nSPS) is 11.1. The van der Waals surface area contributed by atoms with Gasteiger partial charge in [0.05, 0.1) is 20.0 Å². The van der Waals surface area contributed by atoms with Crippen molar-refractivity contribution in [2.75, 3.05) is 0 Å². The van der Waals surface area contributed by atoms with Crippen LogP contribution in [0.15, 0.2) is 35.2 Å². The standard InChI is InChI=1S/C13H9Cl3O4S.Na/c14-9-4-8(5-10(15)13(9)16)3-7-1-2-11(17)12(6-7)21(18,19)20;/h1-2,4-6,17H,3H2,(H,18,19,20);/q;+1/p-1. The monoisotopic (exact) mass is 388 g/mol. The summed E-state index contributed by atoms with van der Waals surface area (Å²) < 4.78 is 31.2. The summed E-state index contributed by atoms with van der Waals surface area (Å²) >= 11 is 17.7. The summed E-state index contributed by atoms with van der Waals surface area (Å²) in [4.78, 5) is -0.661. The fraction of sp³-hybridized carbons (Fsp3) is 0.0769. The maximum atomic E-state index is 11.4. The Kier molecular flexibility index (Phi) is 7.05. The SMILES string of the molecule is O=S(=O)(O)c1cc(Cc2cc(Cl)c(Cl)c(Cl)c2)ccc1[O-].[Na+]. The third-order valence-electron chi connectivity index (χ3n) is 2.74. The van der Waals surface area contributed by atoms with Crippen molar-refractivity contribution in [2.45, 2.75) is 11.3 Å². The fourth-order valence-corrected chi connectivity index (χ4v) is 3.07. The van der Waals surface area contributed by atoms with Gasteiger partial charge in [-0.15, -0.1) is 0 Å². The number of benzene rings is 2. The van der Waals surface area contributed by atoms with Crippen LogP contribution in [0.2, 0.25) is 15.1 Å². The molecule has 0 unspecified atom stereocenters. The molecule has 0 spiro atoms. The molecule has 4 nitrogen and oxygen atoms in total. The van der Waals surface area contributed by atoms with Gasteiger partial charge in [-0.1, -0.05) is 52.7 Å². The molecule has 0 radical (unpaired) electrons. The molecule has 0 aliphatic rings. The molecule has 2 aromatic carbocycles. The zero-order chi connectivity index (χ0) is 15.8. The van der Waals surface area contributed by atoms with Crippen LogP contribution in [0.25, 0.3) is 0 Å². The molecule has 0 heterocycles. The van der Waals surface area contributed by atoms with Crippen LogP contribution in [-0.2, 0) is 16.5 Å². The molecule has 2 aromatic rings. The Balaban J connectivity index is 0.00000242. The van der Waals surface area contributed by atoms with Crippen molar-refractivity contribution in [3.8, 4) is 5.75 Å². The molecular formula is C13H8Cl3NaO4S. The second-order valence-corrected chi connectivity index (χ2v) is 6.89. The minimum Gasteiger partial charge on any atom is -0.872 e. The summed E-state index contributed by atoms with van der Waals surface area (Å²) in [6.07, 6.45) is 0.277. The van der Waals surface area contributed by atoms with Crippen LogP contribution in [0.4, 0.5) is 0 Å². The topological polar surface area (TPSA) is 77.4 Å². The van der Waals surface area contributed by atoms with Crippen LogP contribution in [0.3, 0.4) is 0 Å². The van der Waals surface area contributed by atoms with E-state index in [-0.39, 0.29) is 51.0 Å². The van der Waals surface area contributed by atoms with Gasteiger partial charge in [-0.25, -0.2) is 0 Å². The van der Waals surface area contributed by atoms with E-state index in [4.69, 9.17) is 39.4 Å². The zero-order valence-electron chi connectivity index (χ0n) is 11.3.